The number of rotatable bonds is 4. The van der Waals surface area contributed by atoms with Gasteiger partial charge < -0.3 is 10.2 Å². The molecule has 1 aromatic rings. The van der Waals surface area contributed by atoms with Crippen LogP contribution in [-0.2, 0) is 9.59 Å². The fourth-order valence-electron chi connectivity index (χ4n) is 2.18. The molecular weight excluding hydrogens is 244 g/mol. The molecule has 1 saturated heterocycles. The van der Waals surface area contributed by atoms with E-state index in [4.69, 9.17) is 0 Å². The van der Waals surface area contributed by atoms with Crippen molar-refractivity contribution in [3.05, 3.63) is 18.5 Å². The van der Waals surface area contributed by atoms with Crippen LogP contribution in [0.2, 0.25) is 0 Å². The number of hydrogen-bond donors (Lipinski definition) is 1. The molecule has 1 amide bonds. The summed E-state index contributed by atoms with van der Waals surface area (Å²) in [5.74, 6) is 0.450. The number of nitrogens with one attached hydrogen (secondary N) is 1. The van der Waals surface area contributed by atoms with Crippen molar-refractivity contribution in [2.45, 2.75) is 32.2 Å². The number of nitrogens with zero attached hydrogens (tertiary/aromatic N) is 3. The molecule has 1 aromatic heterocycles. The predicted molar refractivity (Wildman–Crippen MR) is 70.7 cm³/mol. The molecule has 1 fully saturated rings. The topological polar surface area (TPSA) is 75.2 Å². The van der Waals surface area contributed by atoms with Crippen LogP contribution in [0.25, 0.3) is 0 Å². The van der Waals surface area contributed by atoms with Crippen LogP contribution in [0, 0.1) is 0 Å². The highest BCUT2D eigenvalue weighted by Gasteiger charge is 2.22. The maximum atomic E-state index is 11.5. The first-order valence-electron chi connectivity index (χ1n) is 6.46. The normalized spacial score (nSPS) is 16.2. The summed E-state index contributed by atoms with van der Waals surface area (Å²) in [6.07, 6.45) is 5.12. The van der Waals surface area contributed by atoms with Gasteiger partial charge in [-0.05, 0) is 25.8 Å². The standard InChI is InChI=1S/C13H18N4O2/c1-10(18)9-12(19)16-11-3-7-17(8-4-11)13-14-5-2-6-15-13/h2,5-6,11H,3-4,7-9H2,1H3,(H,16,19). The van der Waals surface area contributed by atoms with Crippen molar-refractivity contribution in [2.75, 3.05) is 18.0 Å². The molecule has 0 aliphatic carbocycles. The number of Topliss-reactive ketones (excluding diaryl/α,β-unsaturated/α-hetero) is 1. The van der Waals surface area contributed by atoms with E-state index in [0.717, 1.165) is 31.9 Å². The van der Waals surface area contributed by atoms with E-state index in [-0.39, 0.29) is 24.2 Å². The molecule has 19 heavy (non-hydrogen) atoms. The van der Waals surface area contributed by atoms with Crippen LogP contribution in [0.4, 0.5) is 5.95 Å². The molecule has 6 heteroatoms. The van der Waals surface area contributed by atoms with Gasteiger partial charge in [-0.2, -0.15) is 0 Å². The maximum Gasteiger partial charge on any atom is 0.227 e. The highest BCUT2D eigenvalue weighted by molar-refractivity contribution is 5.96. The third-order valence-corrected chi connectivity index (χ3v) is 3.10. The molecule has 102 valence electrons. The van der Waals surface area contributed by atoms with Gasteiger partial charge in [0.05, 0.1) is 6.42 Å². The van der Waals surface area contributed by atoms with Crippen LogP contribution in [-0.4, -0.2) is 40.8 Å². The fourth-order valence-corrected chi connectivity index (χ4v) is 2.18. The summed E-state index contributed by atoms with van der Waals surface area (Å²) >= 11 is 0. The number of hydrogen-bond acceptors (Lipinski definition) is 5. The first kappa shape index (κ1) is 13.5. The summed E-state index contributed by atoms with van der Waals surface area (Å²) in [5, 5.41) is 2.89. The van der Waals surface area contributed by atoms with Gasteiger partial charge in [-0.1, -0.05) is 0 Å². The van der Waals surface area contributed by atoms with Crippen molar-refractivity contribution in [3.63, 3.8) is 0 Å². The number of anilines is 1. The predicted octanol–water partition coefficient (Wildman–Crippen LogP) is 0.541. The van der Waals surface area contributed by atoms with Crippen LogP contribution >= 0.6 is 0 Å². The molecule has 0 aromatic carbocycles. The lowest BCUT2D eigenvalue weighted by atomic mass is 10.1. The minimum atomic E-state index is -0.179. The molecule has 1 N–H and O–H groups in total. The van der Waals surface area contributed by atoms with Crippen LogP contribution in [0.5, 0.6) is 0 Å². The third kappa shape index (κ3) is 4.01. The van der Waals surface area contributed by atoms with E-state index < -0.39 is 0 Å². The van der Waals surface area contributed by atoms with Crippen LogP contribution in [0.3, 0.4) is 0 Å². The van der Waals surface area contributed by atoms with Gasteiger partial charge in [0.1, 0.15) is 5.78 Å². The summed E-state index contributed by atoms with van der Waals surface area (Å²) in [6.45, 7) is 3.05. The van der Waals surface area contributed by atoms with Gasteiger partial charge in [-0.25, -0.2) is 9.97 Å². The maximum absolute atomic E-state index is 11.5. The SMILES string of the molecule is CC(=O)CC(=O)NC1CCN(c2ncccn2)CC1. The second-order valence-electron chi connectivity index (χ2n) is 4.76. The number of aromatic nitrogens is 2. The first-order chi connectivity index (χ1) is 9.15. The molecule has 0 spiro atoms. The van der Waals surface area contributed by atoms with E-state index in [0.29, 0.717) is 0 Å². The average molecular weight is 262 g/mol. The van der Waals surface area contributed by atoms with Crippen molar-refractivity contribution in [3.8, 4) is 0 Å². The van der Waals surface area contributed by atoms with Gasteiger partial charge in [0.25, 0.3) is 0 Å². The molecule has 0 atom stereocenters. The third-order valence-electron chi connectivity index (χ3n) is 3.10. The van der Waals surface area contributed by atoms with E-state index in [1.54, 1.807) is 18.5 Å². The molecule has 0 radical (unpaired) electrons. The van der Waals surface area contributed by atoms with Crippen LogP contribution < -0.4 is 10.2 Å². The van der Waals surface area contributed by atoms with E-state index in [9.17, 15) is 9.59 Å². The van der Waals surface area contributed by atoms with Gasteiger partial charge in [0, 0.05) is 31.5 Å². The van der Waals surface area contributed by atoms with Crippen LogP contribution in [0.15, 0.2) is 18.5 Å². The highest BCUT2D eigenvalue weighted by Crippen LogP contribution is 2.15. The average Bonchev–Trinajstić information content (AvgIpc) is 2.39. The molecule has 6 nitrogen and oxygen atoms in total. The highest BCUT2D eigenvalue weighted by atomic mass is 16.2. The Morgan fingerprint density at radius 1 is 1.32 bits per heavy atom. The molecule has 2 heterocycles. The Kier molecular flexibility index (Phi) is 4.43. The number of carbonyl (C=O) groups excluding carboxylic acids is 2. The molecule has 0 unspecified atom stereocenters. The first-order valence-corrected chi connectivity index (χ1v) is 6.46. The van der Waals surface area contributed by atoms with Gasteiger partial charge >= 0.3 is 0 Å². The minimum Gasteiger partial charge on any atom is -0.353 e. The zero-order valence-electron chi connectivity index (χ0n) is 11.0. The second kappa shape index (κ2) is 6.26. The monoisotopic (exact) mass is 262 g/mol. The number of ketones is 1. The molecule has 2 rings (SSSR count). The molecule has 0 saturated carbocycles. The smallest absolute Gasteiger partial charge is 0.227 e. The van der Waals surface area contributed by atoms with Gasteiger partial charge in [0.15, 0.2) is 0 Å². The molecule has 1 aliphatic rings. The number of piperidine rings is 1. The number of amides is 1. The zero-order valence-corrected chi connectivity index (χ0v) is 11.0. The summed E-state index contributed by atoms with van der Waals surface area (Å²) in [5.41, 5.74) is 0. The van der Waals surface area contributed by atoms with Crippen molar-refractivity contribution in [1.29, 1.82) is 0 Å². The Hall–Kier alpha value is -1.98. The Balaban J connectivity index is 1.80. The largest absolute Gasteiger partial charge is 0.353 e. The summed E-state index contributed by atoms with van der Waals surface area (Å²) in [6, 6.07) is 1.94. The van der Waals surface area contributed by atoms with Crippen LogP contribution in [0.1, 0.15) is 26.2 Å². The van der Waals surface area contributed by atoms with Crippen molar-refractivity contribution in [2.24, 2.45) is 0 Å². The van der Waals surface area contributed by atoms with Gasteiger partial charge in [0.2, 0.25) is 11.9 Å². The fraction of sp³-hybridized carbons (Fsp3) is 0.538. The Labute approximate surface area is 112 Å². The quantitative estimate of drug-likeness (QED) is 0.802. The molecular formula is C13H18N4O2. The van der Waals surface area contributed by atoms with Crippen molar-refractivity contribution < 1.29 is 9.59 Å². The summed E-state index contributed by atoms with van der Waals surface area (Å²) in [7, 11) is 0. The van der Waals surface area contributed by atoms with E-state index in [2.05, 4.69) is 20.2 Å². The summed E-state index contributed by atoms with van der Waals surface area (Å²) < 4.78 is 0. The number of carbonyl (C=O) groups is 2. The lowest BCUT2D eigenvalue weighted by molar-refractivity contribution is -0.127. The van der Waals surface area contributed by atoms with Gasteiger partial charge in [-0.15, -0.1) is 0 Å². The van der Waals surface area contributed by atoms with Crippen molar-refractivity contribution in [1.82, 2.24) is 15.3 Å². The van der Waals surface area contributed by atoms with E-state index in [1.165, 1.54) is 6.92 Å². The minimum absolute atomic E-state index is 0.0258. The lowest BCUT2D eigenvalue weighted by Crippen LogP contribution is -2.45. The Morgan fingerprint density at radius 2 is 1.95 bits per heavy atom. The van der Waals surface area contributed by atoms with Crippen molar-refractivity contribution >= 4 is 17.6 Å². The zero-order chi connectivity index (χ0) is 13.7. The lowest BCUT2D eigenvalue weighted by Gasteiger charge is -2.32. The summed E-state index contributed by atoms with van der Waals surface area (Å²) in [4.78, 5) is 32.9. The van der Waals surface area contributed by atoms with E-state index in [1.807, 2.05) is 0 Å². The second-order valence-corrected chi connectivity index (χ2v) is 4.76. The van der Waals surface area contributed by atoms with Gasteiger partial charge in [-0.3, -0.25) is 9.59 Å². The Bertz CT molecular complexity index is 441. The molecule has 0 bridgehead atoms. The van der Waals surface area contributed by atoms with E-state index >= 15 is 0 Å². The molecule has 1 aliphatic heterocycles. The Morgan fingerprint density at radius 3 is 2.53 bits per heavy atom.